The molecule has 0 bridgehead atoms. The maximum atomic E-state index is 12.9. The highest BCUT2D eigenvalue weighted by Crippen LogP contribution is 2.17. The van der Waals surface area contributed by atoms with Crippen molar-refractivity contribution in [1.82, 2.24) is 9.97 Å². The number of alkyl halides is 1. The second kappa shape index (κ2) is 3.90. The van der Waals surface area contributed by atoms with Crippen LogP contribution in [0.3, 0.4) is 0 Å². The zero-order valence-corrected chi connectivity index (χ0v) is 8.28. The van der Waals surface area contributed by atoms with E-state index in [4.69, 9.17) is 0 Å². The molecule has 0 saturated carbocycles. The van der Waals surface area contributed by atoms with Crippen LogP contribution < -0.4 is 4.90 Å². The molecule has 1 aliphatic heterocycles. The van der Waals surface area contributed by atoms with Gasteiger partial charge in [0.2, 0.25) is 5.95 Å². The van der Waals surface area contributed by atoms with E-state index in [2.05, 4.69) is 9.97 Å². The van der Waals surface area contributed by atoms with Crippen LogP contribution in [-0.2, 0) is 0 Å². The fraction of sp³-hybridized carbons (Fsp3) is 0.600. The number of nitrogens with zero attached hydrogens (tertiary/aromatic N) is 3. The second-order valence-corrected chi connectivity index (χ2v) is 3.72. The molecule has 0 N–H and O–H groups in total. The lowest BCUT2D eigenvalue weighted by Gasteiger charge is -2.28. The molecule has 1 aliphatic rings. The predicted molar refractivity (Wildman–Crippen MR) is 53.1 cm³/mol. The monoisotopic (exact) mass is 195 g/mol. The number of aryl methyl sites for hydroxylation is 1. The Kier molecular flexibility index (Phi) is 2.61. The molecule has 0 amide bonds. The minimum Gasteiger partial charge on any atom is -0.341 e. The zero-order chi connectivity index (χ0) is 9.97. The van der Waals surface area contributed by atoms with E-state index in [1.165, 1.54) is 0 Å². The van der Waals surface area contributed by atoms with Crippen molar-refractivity contribution < 1.29 is 4.39 Å². The van der Waals surface area contributed by atoms with Gasteiger partial charge in [-0.15, -0.1) is 0 Å². The van der Waals surface area contributed by atoms with Gasteiger partial charge in [0.25, 0.3) is 0 Å². The number of hydrogen-bond acceptors (Lipinski definition) is 3. The highest BCUT2D eigenvalue weighted by molar-refractivity contribution is 5.30. The van der Waals surface area contributed by atoms with Gasteiger partial charge in [0.15, 0.2) is 0 Å². The molecule has 3 nitrogen and oxygen atoms in total. The standard InChI is InChI=1S/C10H14FN3/c1-8-6-12-10(13-7-8)14-4-2-9(11)3-5-14/h6-7,9H,2-5H2,1H3. The van der Waals surface area contributed by atoms with Crippen molar-refractivity contribution in [1.29, 1.82) is 0 Å². The number of halogens is 1. The van der Waals surface area contributed by atoms with Crippen LogP contribution in [-0.4, -0.2) is 29.2 Å². The summed E-state index contributed by atoms with van der Waals surface area (Å²) in [5.41, 5.74) is 1.05. The molecule has 2 heterocycles. The molecule has 0 aromatic carbocycles. The third-order valence-corrected chi connectivity index (χ3v) is 2.47. The molecular weight excluding hydrogens is 181 g/mol. The van der Waals surface area contributed by atoms with Gasteiger partial charge < -0.3 is 4.90 Å². The van der Waals surface area contributed by atoms with Gasteiger partial charge in [-0.25, -0.2) is 14.4 Å². The van der Waals surface area contributed by atoms with Gasteiger partial charge in [0.1, 0.15) is 6.17 Å². The molecule has 76 valence electrons. The van der Waals surface area contributed by atoms with Crippen molar-refractivity contribution in [2.75, 3.05) is 18.0 Å². The predicted octanol–water partition coefficient (Wildman–Crippen LogP) is 1.72. The van der Waals surface area contributed by atoms with Crippen molar-refractivity contribution in [3.8, 4) is 0 Å². The lowest BCUT2D eigenvalue weighted by molar-refractivity contribution is 0.276. The molecule has 0 spiro atoms. The number of aromatic nitrogens is 2. The molecule has 2 rings (SSSR count). The smallest absolute Gasteiger partial charge is 0.225 e. The van der Waals surface area contributed by atoms with Crippen LogP contribution in [0.4, 0.5) is 10.3 Å². The first kappa shape index (κ1) is 9.37. The number of hydrogen-bond donors (Lipinski definition) is 0. The maximum Gasteiger partial charge on any atom is 0.225 e. The molecule has 1 saturated heterocycles. The van der Waals surface area contributed by atoms with Gasteiger partial charge in [0.05, 0.1) is 0 Å². The second-order valence-electron chi connectivity index (χ2n) is 3.72. The van der Waals surface area contributed by atoms with Gasteiger partial charge in [-0.1, -0.05) is 0 Å². The lowest BCUT2D eigenvalue weighted by atomic mass is 10.1. The van der Waals surface area contributed by atoms with E-state index in [0.717, 1.165) is 24.6 Å². The summed E-state index contributed by atoms with van der Waals surface area (Å²) in [6, 6.07) is 0. The largest absolute Gasteiger partial charge is 0.341 e. The molecule has 1 aromatic heterocycles. The zero-order valence-electron chi connectivity index (χ0n) is 8.28. The Morgan fingerprint density at radius 2 is 1.86 bits per heavy atom. The number of rotatable bonds is 1. The van der Waals surface area contributed by atoms with E-state index in [9.17, 15) is 4.39 Å². The first-order valence-electron chi connectivity index (χ1n) is 4.93. The highest BCUT2D eigenvalue weighted by atomic mass is 19.1. The first-order chi connectivity index (χ1) is 6.75. The topological polar surface area (TPSA) is 29.0 Å². The molecule has 14 heavy (non-hydrogen) atoms. The Balaban J connectivity index is 2.05. The Morgan fingerprint density at radius 3 is 2.43 bits per heavy atom. The van der Waals surface area contributed by atoms with Crippen LogP contribution in [0.25, 0.3) is 0 Å². The van der Waals surface area contributed by atoms with Crippen molar-refractivity contribution in [2.24, 2.45) is 0 Å². The Morgan fingerprint density at radius 1 is 1.29 bits per heavy atom. The number of piperidine rings is 1. The summed E-state index contributed by atoms with van der Waals surface area (Å²) in [7, 11) is 0. The molecule has 1 aromatic rings. The van der Waals surface area contributed by atoms with Crippen LogP contribution >= 0.6 is 0 Å². The molecule has 0 aliphatic carbocycles. The third-order valence-electron chi connectivity index (χ3n) is 2.47. The summed E-state index contributed by atoms with van der Waals surface area (Å²) < 4.78 is 12.9. The highest BCUT2D eigenvalue weighted by Gasteiger charge is 2.19. The average molecular weight is 195 g/mol. The van der Waals surface area contributed by atoms with Crippen LogP contribution in [0.5, 0.6) is 0 Å². The van der Waals surface area contributed by atoms with Gasteiger partial charge >= 0.3 is 0 Å². The SMILES string of the molecule is Cc1cnc(N2CCC(F)CC2)nc1. The van der Waals surface area contributed by atoms with Crippen molar-refractivity contribution in [2.45, 2.75) is 25.9 Å². The summed E-state index contributed by atoms with van der Waals surface area (Å²) in [5, 5.41) is 0. The first-order valence-corrected chi connectivity index (χ1v) is 4.93. The fourth-order valence-electron chi connectivity index (χ4n) is 1.60. The maximum absolute atomic E-state index is 12.9. The summed E-state index contributed by atoms with van der Waals surface area (Å²) in [4.78, 5) is 10.5. The summed E-state index contributed by atoms with van der Waals surface area (Å²) >= 11 is 0. The van der Waals surface area contributed by atoms with Crippen LogP contribution in [0, 0.1) is 6.92 Å². The minimum atomic E-state index is -0.642. The van der Waals surface area contributed by atoms with E-state index in [-0.39, 0.29) is 0 Å². The van der Waals surface area contributed by atoms with Crippen LogP contribution in [0.2, 0.25) is 0 Å². The summed E-state index contributed by atoms with van der Waals surface area (Å²) in [6.07, 6.45) is 4.14. The molecule has 1 fully saturated rings. The van der Waals surface area contributed by atoms with E-state index in [1.54, 1.807) is 12.4 Å². The van der Waals surface area contributed by atoms with Gasteiger partial charge in [-0.3, -0.25) is 0 Å². The van der Waals surface area contributed by atoms with Crippen molar-refractivity contribution >= 4 is 5.95 Å². The Labute approximate surface area is 83.0 Å². The molecular formula is C10H14FN3. The molecule has 0 atom stereocenters. The molecule has 4 heteroatoms. The summed E-state index contributed by atoms with van der Waals surface area (Å²) in [5.74, 6) is 0.725. The lowest BCUT2D eigenvalue weighted by Crippen LogP contribution is -2.35. The quantitative estimate of drug-likeness (QED) is 0.683. The van der Waals surface area contributed by atoms with Gasteiger partial charge in [-0.05, 0) is 25.3 Å². The fourth-order valence-corrected chi connectivity index (χ4v) is 1.60. The summed E-state index contributed by atoms with van der Waals surface area (Å²) in [6.45, 7) is 3.41. The van der Waals surface area contributed by atoms with Crippen molar-refractivity contribution in [3.05, 3.63) is 18.0 Å². The molecule has 0 radical (unpaired) electrons. The number of anilines is 1. The van der Waals surface area contributed by atoms with E-state index < -0.39 is 6.17 Å². The Bertz CT molecular complexity index is 291. The molecule has 0 unspecified atom stereocenters. The third kappa shape index (κ3) is 2.00. The van der Waals surface area contributed by atoms with E-state index in [1.807, 2.05) is 11.8 Å². The van der Waals surface area contributed by atoms with Crippen molar-refractivity contribution in [3.63, 3.8) is 0 Å². The Hall–Kier alpha value is -1.19. The minimum absolute atomic E-state index is 0.594. The van der Waals surface area contributed by atoms with Gasteiger partial charge in [0, 0.05) is 25.5 Å². The van der Waals surface area contributed by atoms with Crippen LogP contribution in [0.15, 0.2) is 12.4 Å². The van der Waals surface area contributed by atoms with E-state index >= 15 is 0 Å². The van der Waals surface area contributed by atoms with Gasteiger partial charge in [-0.2, -0.15) is 0 Å². The van der Waals surface area contributed by atoms with Crippen LogP contribution in [0.1, 0.15) is 18.4 Å². The van der Waals surface area contributed by atoms with E-state index in [0.29, 0.717) is 12.8 Å². The average Bonchev–Trinajstić information content (AvgIpc) is 2.21. The normalized spacial score (nSPS) is 18.6.